The molecule has 1 aromatic heterocycles. The van der Waals surface area contributed by atoms with Crippen molar-refractivity contribution in [3.05, 3.63) is 22.5 Å². The fraction of sp³-hybridized carbons (Fsp3) is 0.500. The van der Waals surface area contributed by atoms with Crippen LogP contribution in [0, 0.1) is 13.8 Å². The van der Waals surface area contributed by atoms with Crippen molar-refractivity contribution in [1.82, 2.24) is 4.57 Å². The van der Waals surface area contributed by atoms with Crippen molar-refractivity contribution in [2.75, 3.05) is 13.7 Å². The van der Waals surface area contributed by atoms with Crippen LogP contribution in [0.15, 0.2) is 4.99 Å². The van der Waals surface area contributed by atoms with Crippen molar-refractivity contribution in [3.8, 4) is 0 Å². The first kappa shape index (κ1) is 13.2. The van der Waals surface area contributed by atoms with Gasteiger partial charge in [0.2, 0.25) is 6.08 Å². The Kier molecular flexibility index (Phi) is 4.24. The average molecular weight is 236 g/mol. The van der Waals surface area contributed by atoms with Crippen LogP contribution in [0.5, 0.6) is 0 Å². The maximum absolute atomic E-state index is 11.7. The lowest BCUT2D eigenvalue weighted by Crippen LogP contribution is -2.06. The number of aromatic nitrogens is 1. The van der Waals surface area contributed by atoms with Gasteiger partial charge >= 0.3 is 5.97 Å². The molecule has 5 heteroatoms. The van der Waals surface area contributed by atoms with Gasteiger partial charge in [0, 0.05) is 18.4 Å². The number of ether oxygens (including phenoxy) is 1. The van der Waals surface area contributed by atoms with Crippen molar-refractivity contribution in [3.63, 3.8) is 0 Å². The number of carbonyl (C=O) groups excluding carboxylic acids is 2. The number of nitrogens with zero attached hydrogens (tertiary/aromatic N) is 2. The molecule has 0 aromatic carbocycles. The molecular weight excluding hydrogens is 220 g/mol. The van der Waals surface area contributed by atoms with E-state index in [4.69, 9.17) is 4.74 Å². The SMILES string of the molecule is COC(=O)c1c(CCN=C=O)c(C)n(C)c1C. The molecule has 0 saturated heterocycles. The van der Waals surface area contributed by atoms with E-state index in [-0.39, 0.29) is 5.97 Å². The standard InChI is InChI=1S/C12H16N2O3/c1-8-10(5-6-13-7-15)11(12(16)17-4)9(2)14(8)3/h5-6H2,1-4H3. The molecule has 0 atom stereocenters. The molecular formula is C12H16N2O3. The Morgan fingerprint density at radius 2 is 2.06 bits per heavy atom. The summed E-state index contributed by atoms with van der Waals surface area (Å²) >= 11 is 0. The second-order valence-electron chi connectivity index (χ2n) is 3.80. The molecule has 1 aromatic rings. The highest BCUT2D eigenvalue weighted by Crippen LogP contribution is 2.22. The van der Waals surface area contributed by atoms with E-state index in [1.54, 1.807) is 0 Å². The summed E-state index contributed by atoms with van der Waals surface area (Å²) in [5, 5.41) is 0. The monoisotopic (exact) mass is 236 g/mol. The van der Waals surface area contributed by atoms with Gasteiger partial charge in [-0.3, -0.25) is 0 Å². The second kappa shape index (κ2) is 5.46. The Hall–Kier alpha value is -1.87. The van der Waals surface area contributed by atoms with E-state index in [0.717, 1.165) is 17.0 Å². The third-order valence-electron chi connectivity index (χ3n) is 3.03. The molecule has 5 nitrogen and oxygen atoms in total. The van der Waals surface area contributed by atoms with Crippen LogP contribution in [-0.4, -0.2) is 30.3 Å². The van der Waals surface area contributed by atoms with E-state index in [9.17, 15) is 9.59 Å². The molecule has 0 fully saturated rings. The van der Waals surface area contributed by atoms with Gasteiger partial charge in [0.1, 0.15) is 0 Å². The summed E-state index contributed by atoms with van der Waals surface area (Å²) in [6.45, 7) is 4.13. The van der Waals surface area contributed by atoms with Crippen LogP contribution in [0.25, 0.3) is 0 Å². The van der Waals surface area contributed by atoms with E-state index in [2.05, 4.69) is 4.99 Å². The summed E-state index contributed by atoms with van der Waals surface area (Å²) in [7, 11) is 3.25. The van der Waals surface area contributed by atoms with Crippen LogP contribution in [0.4, 0.5) is 0 Å². The van der Waals surface area contributed by atoms with Gasteiger partial charge in [0.05, 0.1) is 19.2 Å². The molecule has 0 N–H and O–H groups in total. The summed E-state index contributed by atoms with van der Waals surface area (Å²) in [6, 6.07) is 0. The van der Waals surface area contributed by atoms with Crippen LogP contribution < -0.4 is 0 Å². The molecule has 17 heavy (non-hydrogen) atoms. The largest absolute Gasteiger partial charge is 0.465 e. The summed E-state index contributed by atoms with van der Waals surface area (Å²) in [4.78, 5) is 25.3. The maximum Gasteiger partial charge on any atom is 0.339 e. The first-order valence-electron chi connectivity index (χ1n) is 5.31. The van der Waals surface area contributed by atoms with Gasteiger partial charge in [-0.1, -0.05) is 0 Å². The third-order valence-corrected chi connectivity index (χ3v) is 3.03. The smallest absolute Gasteiger partial charge is 0.339 e. The molecule has 0 aliphatic carbocycles. The molecule has 0 bridgehead atoms. The predicted octanol–water partition coefficient (Wildman–Crippen LogP) is 1.31. The third kappa shape index (κ3) is 2.45. The number of carbonyl (C=O) groups is 1. The zero-order chi connectivity index (χ0) is 13.0. The molecule has 1 heterocycles. The number of aliphatic imine (C=N–C) groups is 1. The lowest BCUT2D eigenvalue weighted by Gasteiger charge is -2.02. The maximum atomic E-state index is 11.7. The quantitative estimate of drug-likeness (QED) is 0.450. The van der Waals surface area contributed by atoms with E-state index in [1.807, 2.05) is 25.5 Å². The minimum atomic E-state index is -0.351. The van der Waals surface area contributed by atoms with Crippen molar-refractivity contribution in [2.24, 2.45) is 12.0 Å². The van der Waals surface area contributed by atoms with Crippen molar-refractivity contribution >= 4 is 12.0 Å². The van der Waals surface area contributed by atoms with Crippen molar-refractivity contribution in [2.45, 2.75) is 20.3 Å². The molecule has 0 unspecified atom stereocenters. The van der Waals surface area contributed by atoms with E-state index in [0.29, 0.717) is 18.5 Å². The Morgan fingerprint density at radius 3 is 2.59 bits per heavy atom. The zero-order valence-corrected chi connectivity index (χ0v) is 10.5. The molecule has 0 spiro atoms. The van der Waals surface area contributed by atoms with Crippen LogP contribution in [-0.2, 0) is 23.0 Å². The number of rotatable bonds is 4. The van der Waals surface area contributed by atoms with E-state index >= 15 is 0 Å². The average Bonchev–Trinajstić information content (AvgIpc) is 2.54. The van der Waals surface area contributed by atoms with Gasteiger partial charge in [-0.25, -0.2) is 14.6 Å². The first-order chi connectivity index (χ1) is 8.04. The number of esters is 1. The normalized spacial score (nSPS) is 9.88. The van der Waals surface area contributed by atoms with Gasteiger partial charge in [-0.05, 0) is 25.8 Å². The Balaban J connectivity index is 3.21. The summed E-state index contributed by atoms with van der Waals surface area (Å²) < 4.78 is 6.71. The fourth-order valence-electron chi connectivity index (χ4n) is 1.91. The molecule has 0 aliphatic heterocycles. The number of isocyanates is 1. The predicted molar refractivity (Wildman–Crippen MR) is 62.9 cm³/mol. The highest BCUT2D eigenvalue weighted by Gasteiger charge is 2.21. The zero-order valence-electron chi connectivity index (χ0n) is 10.5. The van der Waals surface area contributed by atoms with E-state index < -0.39 is 0 Å². The Morgan fingerprint density at radius 1 is 1.41 bits per heavy atom. The molecule has 0 aliphatic rings. The van der Waals surface area contributed by atoms with Gasteiger partial charge in [-0.15, -0.1) is 0 Å². The van der Waals surface area contributed by atoms with Gasteiger partial charge in [0.15, 0.2) is 0 Å². The van der Waals surface area contributed by atoms with Crippen LogP contribution in [0.1, 0.15) is 27.3 Å². The highest BCUT2D eigenvalue weighted by molar-refractivity contribution is 5.93. The van der Waals surface area contributed by atoms with Crippen molar-refractivity contribution in [1.29, 1.82) is 0 Å². The van der Waals surface area contributed by atoms with Crippen LogP contribution in [0.3, 0.4) is 0 Å². The fourth-order valence-corrected chi connectivity index (χ4v) is 1.91. The lowest BCUT2D eigenvalue weighted by molar-refractivity contribution is 0.0598. The van der Waals surface area contributed by atoms with Crippen LogP contribution in [0.2, 0.25) is 0 Å². The molecule has 92 valence electrons. The van der Waals surface area contributed by atoms with Gasteiger partial charge in [0.25, 0.3) is 0 Å². The second-order valence-corrected chi connectivity index (χ2v) is 3.80. The van der Waals surface area contributed by atoms with Gasteiger partial charge < -0.3 is 9.30 Å². The Labute approximate surface area is 100 Å². The van der Waals surface area contributed by atoms with E-state index in [1.165, 1.54) is 13.2 Å². The lowest BCUT2D eigenvalue weighted by atomic mass is 10.1. The highest BCUT2D eigenvalue weighted by atomic mass is 16.5. The summed E-state index contributed by atoms with van der Waals surface area (Å²) in [5.41, 5.74) is 3.31. The topological polar surface area (TPSA) is 60.7 Å². The summed E-state index contributed by atoms with van der Waals surface area (Å²) in [6.07, 6.45) is 2.03. The summed E-state index contributed by atoms with van der Waals surface area (Å²) in [5.74, 6) is -0.351. The molecule has 0 saturated carbocycles. The van der Waals surface area contributed by atoms with Gasteiger partial charge in [-0.2, -0.15) is 0 Å². The minimum Gasteiger partial charge on any atom is -0.465 e. The number of hydrogen-bond acceptors (Lipinski definition) is 4. The molecule has 0 amide bonds. The number of methoxy groups -OCH3 is 1. The molecule has 0 radical (unpaired) electrons. The Bertz CT molecular complexity index is 482. The van der Waals surface area contributed by atoms with Crippen LogP contribution >= 0.6 is 0 Å². The molecule has 1 rings (SSSR count). The van der Waals surface area contributed by atoms with Crippen molar-refractivity contribution < 1.29 is 14.3 Å². The minimum absolute atomic E-state index is 0.331. The number of hydrogen-bond donors (Lipinski definition) is 0. The first-order valence-corrected chi connectivity index (χ1v) is 5.31.